The Morgan fingerprint density at radius 1 is 1.23 bits per heavy atom. The first-order chi connectivity index (χ1) is 10.0. The molecule has 128 valence electrons. The van der Waals surface area contributed by atoms with Crippen LogP contribution >= 0.6 is 0 Å². The molecule has 0 aromatic rings. The van der Waals surface area contributed by atoms with Gasteiger partial charge in [0, 0.05) is 45.1 Å². The fourth-order valence-electron chi connectivity index (χ4n) is 2.93. The van der Waals surface area contributed by atoms with Gasteiger partial charge in [-0.25, -0.2) is 13.6 Å². The Kier molecular flexibility index (Phi) is 4.84. The van der Waals surface area contributed by atoms with E-state index in [1.165, 1.54) is 9.80 Å². The smallest absolute Gasteiger partial charge is 0.335 e. The molecule has 0 aromatic carbocycles. The van der Waals surface area contributed by atoms with Gasteiger partial charge in [-0.05, 0) is 5.92 Å². The van der Waals surface area contributed by atoms with Crippen molar-refractivity contribution in [2.75, 3.05) is 32.7 Å². The van der Waals surface area contributed by atoms with Crippen molar-refractivity contribution in [3.8, 4) is 0 Å². The van der Waals surface area contributed by atoms with Crippen molar-refractivity contribution in [2.24, 2.45) is 5.92 Å². The molecule has 2 aliphatic rings. The van der Waals surface area contributed by atoms with E-state index < -0.39 is 30.7 Å². The van der Waals surface area contributed by atoms with Crippen LogP contribution in [0.25, 0.3) is 0 Å². The van der Waals surface area contributed by atoms with Crippen molar-refractivity contribution in [3.63, 3.8) is 0 Å². The predicted octanol–water partition coefficient (Wildman–Crippen LogP) is 2.31. The van der Waals surface area contributed by atoms with Gasteiger partial charge in [-0.3, -0.25) is 4.90 Å². The third-order valence-electron chi connectivity index (χ3n) is 3.90. The average molecular weight is 329 g/mol. The molecule has 1 heterocycles. The van der Waals surface area contributed by atoms with E-state index in [1.54, 1.807) is 6.92 Å². The third kappa shape index (κ3) is 4.96. The van der Waals surface area contributed by atoms with Gasteiger partial charge in [0.05, 0.1) is 6.54 Å². The van der Waals surface area contributed by atoms with Gasteiger partial charge >= 0.3 is 12.2 Å². The van der Waals surface area contributed by atoms with E-state index in [9.17, 15) is 26.7 Å². The number of hydrogen-bond acceptors (Lipinski definition) is 2. The highest BCUT2D eigenvalue weighted by Crippen LogP contribution is 2.37. The molecule has 2 fully saturated rings. The fourth-order valence-corrected chi connectivity index (χ4v) is 2.93. The molecule has 2 rings (SSSR count). The van der Waals surface area contributed by atoms with Gasteiger partial charge < -0.3 is 10.2 Å². The summed E-state index contributed by atoms with van der Waals surface area (Å²) in [7, 11) is 0. The molecule has 1 atom stereocenters. The maximum absolute atomic E-state index is 12.7. The first-order valence-corrected chi connectivity index (χ1v) is 7.26. The molecule has 1 unspecified atom stereocenters. The molecule has 0 bridgehead atoms. The number of urea groups is 1. The Morgan fingerprint density at radius 2 is 1.86 bits per heavy atom. The normalized spacial score (nSPS) is 27.2. The summed E-state index contributed by atoms with van der Waals surface area (Å²) in [5.74, 6) is -2.83. The van der Waals surface area contributed by atoms with Gasteiger partial charge in [0.25, 0.3) is 5.92 Å². The van der Waals surface area contributed by atoms with Crippen molar-refractivity contribution in [1.29, 1.82) is 0 Å². The van der Waals surface area contributed by atoms with Crippen molar-refractivity contribution >= 4 is 6.03 Å². The monoisotopic (exact) mass is 329 g/mol. The summed E-state index contributed by atoms with van der Waals surface area (Å²) >= 11 is 0. The van der Waals surface area contributed by atoms with Gasteiger partial charge in [0.1, 0.15) is 0 Å². The van der Waals surface area contributed by atoms with E-state index in [-0.39, 0.29) is 38.4 Å². The second-order valence-electron chi connectivity index (χ2n) is 6.31. The Labute approximate surface area is 125 Å². The van der Waals surface area contributed by atoms with Crippen molar-refractivity contribution in [3.05, 3.63) is 0 Å². The zero-order chi connectivity index (χ0) is 16.5. The molecular weight excluding hydrogens is 309 g/mol. The number of carbonyl (C=O) groups excluding carboxylic acids is 1. The number of nitrogens with one attached hydrogen (secondary N) is 1. The lowest BCUT2D eigenvalue weighted by atomic mass is 9.88. The summed E-state index contributed by atoms with van der Waals surface area (Å²) in [5, 5.41) is 2.52. The maximum atomic E-state index is 12.7. The molecule has 0 spiro atoms. The van der Waals surface area contributed by atoms with E-state index in [2.05, 4.69) is 5.32 Å². The SMILES string of the molecule is CC1CN(CC(F)(F)F)CCN(C(=O)NC2CC(F)(F)C2)C1. The standard InChI is InChI=1S/C13H20F5N3O/c1-9-6-20(8-13(16,17)18)2-3-21(7-9)11(22)19-10-4-12(14,15)5-10/h9-10H,2-8H2,1H3,(H,19,22). The molecule has 9 heteroatoms. The van der Waals surface area contributed by atoms with Crippen LogP contribution in [0.3, 0.4) is 0 Å². The number of amides is 2. The first kappa shape index (κ1) is 17.2. The first-order valence-electron chi connectivity index (χ1n) is 7.26. The number of nitrogens with zero attached hydrogens (tertiary/aromatic N) is 2. The van der Waals surface area contributed by atoms with Gasteiger partial charge in [-0.15, -0.1) is 0 Å². The van der Waals surface area contributed by atoms with E-state index in [0.717, 1.165) is 0 Å². The van der Waals surface area contributed by atoms with Crippen molar-refractivity contribution < 1.29 is 26.7 Å². The minimum Gasteiger partial charge on any atom is -0.335 e. The largest absolute Gasteiger partial charge is 0.401 e. The van der Waals surface area contributed by atoms with Gasteiger partial charge in [-0.2, -0.15) is 13.2 Å². The fraction of sp³-hybridized carbons (Fsp3) is 0.923. The summed E-state index contributed by atoms with van der Waals surface area (Å²) in [6.07, 6.45) is -5.01. The quantitative estimate of drug-likeness (QED) is 0.789. The van der Waals surface area contributed by atoms with Crippen LogP contribution in [0.2, 0.25) is 0 Å². The second-order valence-corrected chi connectivity index (χ2v) is 6.31. The van der Waals surface area contributed by atoms with E-state index in [0.29, 0.717) is 6.54 Å². The number of halogens is 5. The van der Waals surface area contributed by atoms with Crippen LogP contribution in [0, 0.1) is 5.92 Å². The topological polar surface area (TPSA) is 35.6 Å². The highest BCUT2D eigenvalue weighted by atomic mass is 19.4. The molecule has 4 nitrogen and oxygen atoms in total. The molecule has 1 aliphatic carbocycles. The lowest BCUT2D eigenvalue weighted by Crippen LogP contribution is -2.54. The van der Waals surface area contributed by atoms with Gasteiger partial charge in [0.15, 0.2) is 0 Å². The minimum atomic E-state index is -4.27. The molecule has 1 aliphatic heterocycles. The van der Waals surface area contributed by atoms with E-state index in [1.807, 2.05) is 0 Å². The van der Waals surface area contributed by atoms with Crippen LogP contribution in [0.4, 0.5) is 26.7 Å². The molecule has 1 N–H and O–H groups in total. The summed E-state index contributed by atoms with van der Waals surface area (Å²) < 4.78 is 62.8. The summed E-state index contributed by atoms with van der Waals surface area (Å²) in [6.45, 7) is 1.63. The van der Waals surface area contributed by atoms with Crippen molar-refractivity contribution in [1.82, 2.24) is 15.1 Å². The van der Waals surface area contributed by atoms with Crippen LogP contribution < -0.4 is 5.32 Å². The van der Waals surface area contributed by atoms with Crippen LogP contribution in [0.15, 0.2) is 0 Å². The second kappa shape index (κ2) is 6.17. The predicted molar refractivity (Wildman–Crippen MR) is 69.7 cm³/mol. The molecule has 1 saturated heterocycles. The number of hydrogen-bond donors (Lipinski definition) is 1. The Balaban J connectivity index is 1.83. The zero-order valence-electron chi connectivity index (χ0n) is 12.3. The molecule has 0 radical (unpaired) electrons. The molecule has 1 saturated carbocycles. The van der Waals surface area contributed by atoms with Crippen molar-refractivity contribution in [2.45, 2.75) is 37.9 Å². The Hall–Kier alpha value is -1.12. The molecule has 22 heavy (non-hydrogen) atoms. The van der Waals surface area contributed by atoms with Crippen LogP contribution in [-0.4, -0.2) is 66.7 Å². The lowest BCUT2D eigenvalue weighted by Gasteiger charge is -2.36. The average Bonchev–Trinajstić information content (AvgIpc) is 2.46. The zero-order valence-corrected chi connectivity index (χ0v) is 12.3. The van der Waals surface area contributed by atoms with E-state index >= 15 is 0 Å². The summed E-state index contributed by atoms with van der Waals surface area (Å²) in [6, 6.07) is -1.02. The highest BCUT2D eigenvalue weighted by Gasteiger charge is 2.46. The van der Waals surface area contributed by atoms with E-state index in [4.69, 9.17) is 0 Å². The molecule has 0 aromatic heterocycles. The summed E-state index contributed by atoms with van der Waals surface area (Å²) in [5.41, 5.74) is 0. The highest BCUT2D eigenvalue weighted by molar-refractivity contribution is 5.74. The van der Waals surface area contributed by atoms with Crippen LogP contribution in [0.1, 0.15) is 19.8 Å². The summed E-state index contributed by atoms with van der Waals surface area (Å²) in [4.78, 5) is 14.7. The lowest BCUT2D eigenvalue weighted by molar-refractivity contribution is -0.146. The molecule has 2 amide bonds. The third-order valence-corrected chi connectivity index (χ3v) is 3.90. The van der Waals surface area contributed by atoms with Gasteiger partial charge in [0.2, 0.25) is 0 Å². The Bertz CT molecular complexity index is 407. The van der Waals surface area contributed by atoms with Crippen LogP contribution in [0.5, 0.6) is 0 Å². The number of rotatable bonds is 2. The Morgan fingerprint density at radius 3 is 2.41 bits per heavy atom. The minimum absolute atomic E-state index is 0.113. The van der Waals surface area contributed by atoms with Crippen LogP contribution in [-0.2, 0) is 0 Å². The maximum Gasteiger partial charge on any atom is 0.401 e. The van der Waals surface area contributed by atoms with Gasteiger partial charge in [-0.1, -0.05) is 6.92 Å². The molecular formula is C13H20F5N3O. The number of carbonyl (C=O) groups is 1. The number of alkyl halides is 5.